The molecule has 2 rings (SSSR count). The standard InChI is InChI=1S/C32H42N2O6S/c1-19(2)26(24-17-21(5)41-22(24)6)28(30(37)39-18-25(35)23-13-11-10-12-14-23)27(20(3)4)29(36)33-15-16-34-31(38)40-32(7,8)9/h10-14,17,19H,15-16,18H2,1-9H3,(H,33,36)(H,34,38)/b28-26+. The molecule has 41 heavy (non-hydrogen) atoms. The van der Waals surface area contributed by atoms with Crippen LogP contribution in [-0.4, -0.2) is 49.1 Å². The largest absolute Gasteiger partial charge is 0.454 e. The second-order valence-corrected chi connectivity index (χ2v) is 12.7. The Balaban J connectivity index is 2.43. The monoisotopic (exact) mass is 582 g/mol. The van der Waals surface area contributed by atoms with Crippen molar-refractivity contribution in [3.05, 3.63) is 74.0 Å². The van der Waals surface area contributed by atoms with E-state index in [9.17, 15) is 19.2 Å². The molecule has 0 unspecified atom stereocenters. The van der Waals surface area contributed by atoms with Gasteiger partial charge < -0.3 is 20.1 Å². The van der Waals surface area contributed by atoms with Gasteiger partial charge in [0.25, 0.3) is 5.91 Å². The number of ketones is 1. The quantitative estimate of drug-likeness (QED) is 0.108. The number of rotatable bonds is 11. The zero-order chi connectivity index (χ0) is 30.9. The van der Waals surface area contributed by atoms with Gasteiger partial charge in [-0.15, -0.1) is 11.3 Å². The van der Waals surface area contributed by atoms with Gasteiger partial charge in [-0.1, -0.05) is 49.8 Å². The lowest BCUT2D eigenvalue weighted by Crippen LogP contribution is -2.39. The van der Waals surface area contributed by atoms with Gasteiger partial charge in [-0.25, -0.2) is 9.59 Å². The third kappa shape index (κ3) is 10.0. The normalized spacial score (nSPS) is 11.9. The van der Waals surface area contributed by atoms with Gasteiger partial charge in [0.05, 0.1) is 11.1 Å². The Labute approximate surface area is 247 Å². The molecule has 9 heteroatoms. The number of alkyl carbamates (subject to hydrolysis) is 1. The van der Waals surface area contributed by atoms with Crippen molar-refractivity contribution in [2.45, 2.75) is 67.9 Å². The number of esters is 1. The first kappa shape index (κ1) is 33.5. The van der Waals surface area contributed by atoms with Gasteiger partial charge in [0.2, 0.25) is 0 Å². The first-order chi connectivity index (χ1) is 19.1. The Bertz CT molecular complexity index is 1330. The summed E-state index contributed by atoms with van der Waals surface area (Å²) in [4.78, 5) is 54.2. The van der Waals surface area contributed by atoms with E-state index in [0.717, 1.165) is 15.3 Å². The molecular formula is C32H42N2O6S. The van der Waals surface area contributed by atoms with E-state index in [1.165, 1.54) is 0 Å². The van der Waals surface area contributed by atoms with Crippen molar-refractivity contribution in [2.75, 3.05) is 19.7 Å². The number of nitrogens with one attached hydrogen (secondary N) is 2. The van der Waals surface area contributed by atoms with Crippen LogP contribution in [0.4, 0.5) is 4.79 Å². The maximum absolute atomic E-state index is 13.8. The molecule has 0 aliphatic heterocycles. The summed E-state index contributed by atoms with van der Waals surface area (Å²) >= 11 is 1.60. The Morgan fingerprint density at radius 1 is 0.927 bits per heavy atom. The van der Waals surface area contributed by atoms with Gasteiger partial charge in [-0.05, 0) is 71.6 Å². The summed E-state index contributed by atoms with van der Waals surface area (Å²) in [6, 6.07) is 10.6. The van der Waals surface area contributed by atoms with Crippen LogP contribution in [0.25, 0.3) is 5.57 Å². The molecule has 0 atom stereocenters. The van der Waals surface area contributed by atoms with Crippen LogP contribution in [0.3, 0.4) is 0 Å². The van der Waals surface area contributed by atoms with E-state index in [0.29, 0.717) is 16.7 Å². The molecule has 0 spiro atoms. The number of hydrogen-bond acceptors (Lipinski definition) is 7. The topological polar surface area (TPSA) is 111 Å². The average Bonchev–Trinajstić information content (AvgIpc) is 3.20. The molecule has 0 saturated heterocycles. The lowest BCUT2D eigenvalue weighted by Gasteiger charge is -2.22. The minimum atomic E-state index is -0.750. The van der Waals surface area contributed by atoms with E-state index in [1.54, 1.807) is 76.3 Å². The molecule has 1 heterocycles. The fraction of sp³-hybridized carbons (Fsp3) is 0.438. The van der Waals surface area contributed by atoms with Crippen LogP contribution in [0.5, 0.6) is 0 Å². The van der Waals surface area contributed by atoms with Crippen molar-refractivity contribution in [1.82, 2.24) is 10.6 Å². The third-order valence-electron chi connectivity index (χ3n) is 5.87. The summed E-state index contributed by atoms with van der Waals surface area (Å²) < 4.78 is 10.8. The van der Waals surface area contributed by atoms with Crippen LogP contribution in [0.15, 0.2) is 53.1 Å². The summed E-state index contributed by atoms with van der Waals surface area (Å²) in [6.45, 7) is 16.4. The first-order valence-corrected chi connectivity index (χ1v) is 14.4. The van der Waals surface area contributed by atoms with Crippen molar-refractivity contribution < 1.29 is 28.7 Å². The molecular weight excluding hydrogens is 540 g/mol. The summed E-state index contributed by atoms with van der Waals surface area (Å²) in [5, 5.41) is 5.41. The Kier molecular flexibility index (Phi) is 12.1. The van der Waals surface area contributed by atoms with Gasteiger partial charge in [0.15, 0.2) is 12.4 Å². The van der Waals surface area contributed by atoms with Crippen LogP contribution in [0.1, 0.15) is 74.1 Å². The van der Waals surface area contributed by atoms with Crippen molar-refractivity contribution in [2.24, 2.45) is 5.92 Å². The molecule has 2 amide bonds. The van der Waals surface area contributed by atoms with Crippen molar-refractivity contribution >= 4 is 40.7 Å². The second-order valence-electron chi connectivity index (χ2n) is 11.2. The van der Waals surface area contributed by atoms with E-state index < -0.39 is 30.2 Å². The molecule has 2 N–H and O–H groups in total. The minimum Gasteiger partial charge on any atom is -0.454 e. The lowest BCUT2D eigenvalue weighted by atomic mass is 9.85. The number of aryl methyl sites for hydroxylation is 2. The Morgan fingerprint density at radius 2 is 1.54 bits per heavy atom. The molecule has 8 nitrogen and oxygen atoms in total. The Morgan fingerprint density at radius 3 is 2.05 bits per heavy atom. The SMILES string of the molecule is CC(C)=C(C(=O)NCCNC(=O)OC(C)(C)C)/C(C(=O)OCC(=O)c1ccccc1)=C(\c1cc(C)sc1C)C(C)C. The van der Waals surface area contributed by atoms with E-state index in [4.69, 9.17) is 9.47 Å². The fourth-order valence-electron chi connectivity index (χ4n) is 4.22. The number of hydrogen-bond donors (Lipinski definition) is 2. The van der Waals surface area contributed by atoms with Gasteiger partial charge in [0, 0.05) is 28.4 Å². The number of benzene rings is 1. The molecule has 0 aliphatic carbocycles. The van der Waals surface area contributed by atoms with Crippen LogP contribution >= 0.6 is 11.3 Å². The zero-order valence-corrected chi connectivity index (χ0v) is 26.3. The maximum Gasteiger partial charge on any atom is 0.407 e. The molecule has 2 aromatic rings. The molecule has 0 aliphatic rings. The molecule has 0 radical (unpaired) electrons. The van der Waals surface area contributed by atoms with Crippen molar-refractivity contribution in [3.8, 4) is 0 Å². The summed E-state index contributed by atoms with van der Waals surface area (Å²) in [7, 11) is 0. The van der Waals surface area contributed by atoms with Crippen LogP contribution in [0.2, 0.25) is 0 Å². The smallest absolute Gasteiger partial charge is 0.407 e. The molecule has 0 bridgehead atoms. The maximum atomic E-state index is 13.8. The molecule has 1 aromatic heterocycles. The zero-order valence-electron chi connectivity index (χ0n) is 25.5. The predicted molar refractivity (Wildman–Crippen MR) is 163 cm³/mol. The van der Waals surface area contributed by atoms with Crippen LogP contribution in [-0.2, 0) is 19.1 Å². The van der Waals surface area contributed by atoms with Gasteiger partial charge >= 0.3 is 12.1 Å². The predicted octanol–water partition coefficient (Wildman–Crippen LogP) is 6.18. The molecule has 1 aromatic carbocycles. The Hall–Kier alpha value is -3.72. The second kappa shape index (κ2) is 14.8. The van der Waals surface area contributed by atoms with Gasteiger partial charge in [0.1, 0.15) is 5.60 Å². The number of ether oxygens (including phenoxy) is 2. The highest BCUT2D eigenvalue weighted by Crippen LogP contribution is 2.37. The number of thiophene rings is 1. The fourth-order valence-corrected chi connectivity index (χ4v) is 5.16. The number of Topliss-reactive ketones (excluding diaryl/α,β-unsaturated/α-hetero) is 1. The average molecular weight is 583 g/mol. The van der Waals surface area contributed by atoms with E-state index >= 15 is 0 Å². The number of carbonyl (C=O) groups excluding carboxylic acids is 4. The van der Waals surface area contributed by atoms with Gasteiger partial charge in [-0.2, -0.15) is 0 Å². The highest BCUT2D eigenvalue weighted by molar-refractivity contribution is 7.12. The minimum absolute atomic E-state index is 0.108. The van der Waals surface area contributed by atoms with Gasteiger partial charge in [-0.3, -0.25) is 9.59 Å². The summed E-state index contributed by atoms with van der Waals surface area (Å²) in [5.74, 6) is -1.73. The highest BCUT2D eigenvalue weighted by atomic mass is 32.1. The van der Waals surface area contributed by atoms with E-state index in [1.807, 2.05) is 33.8 Å². The molecule has 222 valence electrons. The highest BCUT2D eigenvalue weighted by Gasteiger charge is 2.30. The van der Waals surface area contributed by atoms with E-state index in [-0.39, 0.29) is 35.9 Å². The number of carbonyl (C=O) groups is 4. The lowest BCUT2D eigenvalue weighted by molar-refractivity contribution is -0.138. The van der Waals surface area contributed by atoms with Crippen molar-refractivity contribution in [3.63, 3.8) is 0 Å². The number of allylic oxidation sites excluding steroid dienone is 2. The molecule has 0 saturated carbocycles. The van der Waals surface area contributed by atoms with Crippen LogP contribution < -0.4 is 10.6 Å². The molecule has 0 fully saturated rings. The van der Waals surface area contributed by atoms with Crippen LogP contribution in [0, 0.1) is 19.8 Å². The first-order valence-electron chi connectivity index (χ1n) is 13.6. The summed E-state index contributed by atoms with van der Waals surface area (Å²) in [5.41, 5.74) is 2.22. The summed E-state index contributed by atoms with van der Waals surface area (Å²) in [6.07, 6.45) is -0.591. The van der Waals surface area contributed by atoms with E-state index in [2.05, 4.69) is 10.6 Å². The third-order valence-corrected chi connectivity index (χ3v) is 6.83. The van der Waals surface area contributed by atoms with Crippen molar-refractivity contribution in [1.29, 1.82) is 0 Å². The number of amides is 2.